The van der Waals surface area contributed by atoms with Gasteiger partial charge in [0.15, 0.2) is 0 Å². The molecule has 1 atom stereocenters. The summed E-state index contributed by atoms with van der Waals surface area (Å²) in [5, 5.41) is 2.91. The van der Waals surface area contributed by atoms with E-state index in [-0.39, 0.29) is 30.8 Å². The van der Waals surface area contributed by atoms with Crippen molar-refractivity contribution in [3.63, 3.8) is 0 Å². The van der Waals surface area contributed by atoms with Gasteiger partial charge in [-0.1, -0.05) is 37.3 Å². The summed E-state index contributed by atoms with van der Waals surface area (Å²) in [6.07, 6.45) is 2.04. The molecule has 2 amide bonds. The Bertz CT molecular complexity index is 1070. The van der Waals surface area contributed by atoms with E-state index in [1.165, 1.54) is 4.31 Å². The van der Waals surface area contributed by atoms with E-state index in [4.69, 9.17) is 4.74 Å². The van der Waals surface area contributed by atoms with Gasteiger partial charge in [0, 0.05) is 25.6 Å². The maximum absolute atomic E-state index is 13.4. The van der Waals surface area contributed by atoms with Crippen LogP contribution in [0.3, 0.4) is 0 Å². The zero-order chi connectivity index (χ0) is 26.7. The first-order valence-electron chi connectivity index (χ1n) is 12.4. The SMILES string of the molecule is CCOc1ccc(N(CCCC(=O)N(Cc2ccccc2)[C@H](CC)C(=O)NC(C)C)S(C)(=O)=O)cc1. The number of carbonyl (C=O) groups is 2. The highest BCUT2D eigenvalue weighted by Gasteiger charge is 2.29. The summed E-state index contributed by atoms with van der Waals surface area (Å²) in [6, 6.07) is 15.7. The molecule has 0 radical (unpaired) electrons. The van der Waals surface area contributed by atoms with Gasteiger partial charge in [-0.15, -0.1) is 0 Å². The summed E-state index contributed by atoms with van der Waals surface area (Å²) >= 11 is 0. The van der Waals surface area contributed by atoms with Gasteiger partial charge in [0.25, 0.3) is 0 Å². The molecule has 0 saturated carbocycles. The second kappa shape index (κ2) is 13.9. The molecular weight excluding hydrogens is 478 g/mol. The van der Waals surface area contributed by atoms with Crippen molar-refractivity contribution < 1.29 is 22.7 Å². The molecule has 2 aromatic rings. The molecule has 0 aliphatic heterocycles. The van der Waals surface area contributed by atoms with Gasteiger partial charge >= 0.3 is 0 Å². The van der Waals surface area contributed by atoms with E-state index in [2.05, 4.69) is 5.32 Å². The average molecular weight is 518 g/mol. The fourth-order valence-electron chi connectivity index (χ4n) is 3.96. The van der Waals surface area contributed by atoms with Crippen molar-refractivity contribution in [2.24, 2.45) is 0 Å². The van der Waals surface area contributed by atoms with Gasteiger partial charge in [0.2, 0.25) is 21.8 Å². The number of amides is 2. The highest BCUT2D eigenvalue weighted by atomic mass is 32.2. The summed E-state index contributed by atoms with van der Waals surface area (Å²) in [7, 11) is -3.55. The zero-order valence-corrected chi connectivity index (χ0v) is 22.8. The van der Waals surface area contributed by atoms with Crippen LogP contribution in [-0.4, -0.2) is 56.6 Å². The van der Waals surface area contributed by atoms with Crippen LogP contribution in [0, 0.1) is 0 Å². The van der Waals surface area contributed by atoms with Crippen molar-refractivity contribution in [2.75, 3.05) is 23.7 Å². The lowest BCUT2D eigenvalue weighted by atomic mass is 10.1. The lowest BCUT2D eigenvalue weighted by Gasteiger charge is -2.31. The minimum atomic E-state index is -3.55. The van der Waals surface area contributed by atoms with E-state index in [0.29, 0.717) is 37.4 Å². The van der Waals surface area contributed by atoms with Crippen molar-refractivity contribution in [1.82, 2.24) is 10.2 Å². The Morgan fingerprint density at radius 2 is 1.64 bits per heavy atom. The Morgan fingerprint density at radius 3 is 2.17 bits per heavy atom. The van der Waals surface area contributed by atoms with Gasteiger partial charge in [0.05, 0.1) is 18.6 Å². The molecule has 0 aliphatic rings. The quantitative estimate of drug-likeness (QED) is 0.409. The number of nitrogens with one attached hydrogen (secondary N) is 1. The van der Waals surface area contributed by atoms with Gasteiger partial charge < -0.3 is 15.0 Å². The first-order chi connectivity index (χ1) is 17.1. The molecule has 2 rings (SSSR count). The highest BCUT2D eigenvalue weighted by molar-refractivity contribution is 7.92. The van der Waals surface area contributed by atoms with Crippen LogP contribution in [0.15, 0.2) is 54.6 Å². The third kappa shape index (κ3) is 8.86. The lowest BCUT2D eigenvalue weighted by Crippen LogP contribution is -2.50. The van der Waals surface area contributed by atoms with E-state index < -0.39 is 16.1 Å². The molecule has 0 heterocycles. The topological polar surface area (TPSA) is 96.0 Å². The molecule has 0 unspecified atom stereocenters. The minimum Gasteiger partial charge on any atom is -0.494 e. The summed E-state index contributed by atoms with van der Waals surface area (Å²) in [5.41, 5.74) is 1.44. The number of benzene rings is 2. The number of nitrogens with zero attached hydrogens (tertiary/aromatic N) is 2. The van der Waals surface area contributed by atoms with Crippen molar-refractivity contribution in [1.29, 1.82) is 0 Å². The molecule has 9 heteroatoms. The molecular formula is C27H39N3O5S. The third-order valence-electron chi connectivity index (χ3n) is 5.60. The normalized spacial score (nSPS) is 12.2. The molecule has 0 spiro atoms. The number of sulfonamides is 1. The number of ether oxygens (including phenoxy) is 1. The standard InChI is InChI=1S/C27H39N3O5S/c1-6-25(27(32)28-21(3)4)29(20-22-12-9-8-10-13-22)26(31)14-11-19-30(36(5,33)34)23-15-17-24(18-16-23)35-7-2/h8-10,12-13,15-18,21,25H,6-7,11,14,19-20H2,1-5H3,(H,28,32)/t25-/m1/s1. The summed E-state index contributed by atoms with van der Waals surface area (Å²) in [6.45, 7) is 8.50. The van der Waals surface area contributed by atoms with Crippen LogP contribution in [0.5, 0.6) is 5.75 Å². The van der Waals surface area contributed by atoms with Crippen LogP contribution in [-0.2, 0) is 26.2 Å². The van der Waals surface area contributed by atoms with Gasteiger partial charge in [-0.2, -0.15) is 0 Å². The molecule has 0 aromatic heterocycles. The fourth-order valence-corrected chi connectivity index (χ4v) is 4.92. The molecule has 36 heavy (non-hydrogen) atoms. The molecule has 0 bridgehead atoms. The summed E-state index contributed by atoms with van der Waals surface area (Å²) in [4.78, 5) is 27.9. The maximum Gasteiger partial charge on any atom is 0.243 e. The first kappa shape index (κ1) is 29.2. The van der Waals surface area contributed by atoms with E-state index in [1.54, 1.807) is 29.2 Å². The Kier molecular flexibility index (Phi) is 11.2. The fraction of sp³-hybridized carbons (Fsp3) is 0.481. The first-order valence-corrected chi connectivity index (χ1v) is 14.3. The third-order valence-corrected chi connectivity index (χ3v) is 6.79. The Labute approximate surface area is 215 Å². The number of hydrogen-bond acceptors (Lipinski definition) is 5. The van der Waals surface area contributed by atoms with Crippen molar-refractivity contribution >= 4 is 27.5 Å². The molecule has 1 N–H and O–H groups in total. The van der Waals surface area contributed by atoms with Crippen LogP contribution in [0.1, 0.15) is 52.5 Å². The monoisotopic (exact) mass is 517 g/mol. The Hall–Kier alpha value is -3.07. The summed E-state index contributed by atoms with van der Waals surface area (Å²) < 4.78 is 31.7. The van der Waals surface area contributed by atoms with E-state index >= 15 is 0 Å². The molecule has 8 nitrogen and oxygen atoms in total. The van der Waals surface area contributed by atoms with E-state index in [1.807, 2.05) is 58.0 Å². The van der Waals surface area contributed by atoms with Crippen molar-refractivity contribution in [3.8, 4) is 5.75 Å². The van der Waals surface area contributed by atoms with Crippen LogP contribution in [0.2, 0.25) is 0 Å². The molecule has 0 fully saturated rings. The van der Waals surface area contributed by atoms with Gasteiger partial charge in [-0.3, -0.25) is 13.9 Å². The van der Waals surface area contributed by atoms with Crippen LogP contribution < -0.4 is 14.4 Å². The smallest absolute Gasteiger partial charge is 0.243 e. The number of hydrogen-bond donors (Lipinski definition) is 1. The van der Waals surface area contributed by atoms with E-state index in [0.717, 1.165) is 11.8 Å². The second-order valence-corrected chi connectivity index (χ2v) is 10.9. The number of anilines is 1. The minimum absolute atomic E-state index is 0.0438. The highest BCUT2D eigenvalue weighted by Crippen LogP contribution is 2.23. The zero-order valence-electron chi connectivity index (χ0n) is 21.9. The van der Waals surface area contributed by atoms with Crippen LogP contribution in [0.25, 0.3) is 0 Å². The van der Waals surface area contributed by atoms with E-state index in [9.17, 15) is 18.0 Å². The molecule has 198 valence electrons. The van der Waals surface area contributed by atoms with Gasteiger partial charge in [-0.25, -0.2) is 8.42 Å². The predicted octanol–water partition coefficient (Wildman–Crippen LogP) is 3.96. The molecule has 0 saturated heterocycles. The van der Waals surface area contributed by atoms with Gasteiger partial charge in [0.1, 0.15) is 11.8 Å². The average Bonchev–Trinajstić information content (AvgIpc) is 2.82. The van der Waals surface area contributed by atoms with Crippen LogP contribution >= 0.6 is 0 Å². The number of carbonyl (C=O) groups excluding carboxylic acids is 2. The second-order valence-electron chi connectivity index (χ2n) is 8.96. The Balaban J connectivity index is 2.17. The summed E-state index contributed by atoms with van der Waals surface area (Å²) in [5.74, 6) is 0.278. The van der Waals surface area contributed by atoms with Crippen molar-refractivity contribution in [2.45, 2.75) is 65.6 Å². The number of rotatable bonds is 14. The lowest BCUT2D eigenvalue weighted by molar-refractivity contribution is -0.141. The Morgan fingerprint density at radius 1 is 1.00 bits per heavy atom. The molecule has 0 aliphatic carbocycles. The molecule has 2 aromatic carbocycles. The van der Waals surface area contributed by atoms with Crippen molar-refractivity contribution in [3.05, 3.63) is 60.2 Å². The van der Waals surface area contributed by atoms with Gasteiger partial charge in [-0.05, 0) is 63.4 Å². The largest absolute Gasteiger partial charge is 0.494 e. The predicted molar refractivity (Wildman–Crippen MR) is 143 cm³/mol. The van der Waals surface area contributed by atoms with Crippen LogP contribution in [0.4, 0.5) is 5.69 Å². The maximum atomic E-state index is 13.4.